The molecule has 2 unspecified atom stereocenters. The van der Waals surface area contributed by atoms with Crippen molar-refractivity contribution >= 4 is 23.4 Å². The van der Waals surface area contributed by atoms with Crippen LogP contribution in [-0.2, 0) is 0 Å². The third kappa shape index (κ3) is 2.12. The lowest BCUT2D eigenvalue weighted by molar-refractivity contribution is 0.234. The monoisotopic (exact) mass is 275 g/mol. The van der Waals surface area contributed by atoms with Gasteiger partial charge in [0.15, 0.2) is 10.4 Å². The van der Waals surface area contributed by atoms with Crippen molar-refractivity contribution in [1.82, 2.24) is 14.5 Å². The van der Waals surface area contributed by atoms with Gasteiger partial charge in [-0.2, -0.15) is 0 Å². The average molecular weight is 275 g/mol. The summed E-state index contributed by atoms with van der Waals surface area (Å²) >= 11 is 5.56. The van der Waals surface area contributed by atoms with Gasteiger partial charge in [0.05, 0.1) is 5.52 Å². The first-order chi connectivity index (χ1) is 9.22. The van der Waals surface area contributed by atoms with E-state index >= 15 is 0 Å². The Balaban J connectivity index is 2.16. The van der Waals surface area contributed by atoms with Crippen molar-refractivity contribution in [3.8, 4) is 0 Å². The predicted molar refractivity (Wildman–Crippen MR) is 80.9 cm³/mol. The highest BCUT2D eigenvalue weighted by atomic mass is 32.1. The molecule has 1 aliphatic carbocycles. The summed E-state index contributed by atoms with van der Waals surface area (Å²) in [5, 5.41) is 0. The molecule has 2 heterocycles. The summed E-state index contributed by atoms with van der Waals surface area (Å²) in [5.41, 5.74) is 3.36. The summed E-state index contributed by atoms with van der Waals surface area (Å²) in [6.45, 7) is 4.40. The SMILES string of the molecule is CCC1CCCCC1n1c(=S)[nH]c2c(C)ccnc21. The zero-order valence-corrected chi connectivity index (χ0v) is 12.5. The van der Waals surface area contributed by atoms with E-state index in [0.717, 1.165) is 21.9 Å². The molecule has 102 valence electrons. The minimum atomic E-state index is 0.522. The molecule has 1 fully saturated rings. The number of H-pyrrole nitrogens is 1. The summed E-state index contributed by atoms with van der Waals surface area (Å²) in [5.74, 6) is 0.738. The number of aromatic nitrogens is 3. The van der Waals surface area contributed by atoms with Crippen molar-refractivity contribution in [3.63, 3.8) is 0 Å². The van der Waals surface area contributed by atoms with Gasteiger partial charge in [-0.1, -0.05) is 26.2 Å². The fourth-order valence-electron chi connectivity index (χ4n) is 3.46. The zero-order valence-electron chi connectivity index (χ0n) is 11.6. The molecule has 4 heteroatoms. The van der Waals surface area contributed by atoms with E-state index in [0.29, 0.717) is 6.04 Å². The summed E-state index contributed by atoms with van der Waals surface area (Å²) in [4.78, 5) is 7.92. The summed E-state index contributed by atoms with van der Waals surface area (Å²) in [7, 11) is 0. The fraction of sp³-hybridized carbons (Fsp3) is 0.600. The van der Waals surface area contributed by atoms with E-state index in [1.165, 1.54) is 37.7 Å². The number of aryl methyl sites for hydroxylation is 1. The molecule has 0 saturated heterocycles. The topological polar surface area (TPSA) is 33.6 Å². The van der Waals surface area contributed by atoms with Gasteiger partial charge < -0.3 is 4.98 Å². The second-order valence-corrected chi connectivity index (χ2v) is 6.03. The lowest BCUT2D eigenvalue weighted by atomic mass is 9.83. The number of fused-ring (bicyclic) bond motifs is 1. The van der Waals surface area contributed by atoms with Crippen molar-refractivity contribution in [2.45, 2.75) is 52.0 Å². The Kier molecular flexibility index (Phi) is 3.44. The first kappa shape index (κ1) is 12.9. The maximum Gasteiger partial charge on any atom is 0.179 e. The minimum absolute atomic E-state index is 0.522. The van der Waals surface area contributed by atoms with Gasteiger partial charge in [-0.25, -0.2) is 4.98 Å². The summed E-state index contributed by atoms with van der Waals surface area (Å²) in [6.07, 6.45) is 8.33. The van der Waals surface area contributed by atoms with Crippen molar-refractivity contribution in [2.75, 3.05) is 0 Å². The molecule has 2 aromatic heterocycles. The third-order valence-corrected chi connectivity index (χ3v) is 4.84. The van der Waals surface area contributed by atoms with Crippen LogP contribution in [0.2, 0.25) is 0 Å². The largest absolute Gasteiger partial charge is 0.329 e. The number of hydrogen-bond acceptors (Lipinski definition) is 2. The minimum Gasteiger partial charge on any atom is -0.329 e. The number of aromatic amines is 1. The molecule has 0 amide bonds. The highest BCUT2D eigenvalue weighted by Crippen LogP contribution is 2.37. The van der Waals surface area contributed by atoms with E-state index < -0.39 is 0 Å². The molecule has 0 radical (unpaired) electrons. The number of imidazole rings is 1. The zero-order chi connectivity index (χ0) is 13.4. The molecule has 2 atom stereocenters. The van der Waals surface area contributed by atoms with Crippen molar-refractivity contribution in [1.29, 1.82) is 0 Å². The van der Waals surface area contributed by atoms with Crippen LogP contribution in [0, 0.1) is 17.6 Å². The van der Waals surface area contributed by atoms with Crippen LogP contribution < -0.4 is 0 Å². The number of pyridine rings is 1. The molecule has 0 aromatic carbocycles. The van der Waals surface area contributed by atoms with Gasteiger partial charge in [0.1, 0.15) is 0 Å². The molecule has 1 aliphatic rings. The van der Waals surface area contributed by atoms with Gasteiger partial charge in [0.25, 0.3) is 0 Å². The standard InChI is InChI=1S/C15H21N3S/c1-3-11-6-4-5-7-12(11)18-14-13(17-15(18)19)10(2)8-9-16-14/h8-9,11-12H,3-7H2,1-2H3,(H,17,19). The second kappa shape index (κ2) is 5.08. The van der Waals surface area contributed by atoms with Crippen LogP contribution in [-0.4, -0.2) is 14.5 Å². The average Bonchev–Trinajstić information content (AvgIpc) is 2.76. The first-order valence-electron chi connectivity index (χ1n) is 7.28. The molecule has 2 aromatic rings. The van der Waals surface area contributed by atoms with Gasteiger partial charge in [-0.15, -0.1) is 0 Å². The first-order valence-corrected chi connectivity index (χ1v) is 7.69. The Hall–Kier alpha value is -1.16. The van der Waals surface area contributed by atoms with Crippen LogP contribution in [0.1, 0.15) is 50.6 Å². The molecular weight excluding hydrogens is 254 g/mol. The van der Waals surface area contributed by atoms with Crippen LogP contribution >= 0.6 is 12.2 Å². The van der Waals surface area contributed by atoms with Crippen LogP contribution in [0.3, 0.4) is 0 Å². The van der Waals surface area contributed by atoms with E-state index in [1.54, 1.807) is 0 Å². The van der Waals surface area contributed by atoms with Crippen molar-refractivity contribution in [3.05, 3.63) is 22.6 Å². The van der Waals surface area contributed by atoms with E-state index in [9.17, 15) is 0 Å². The van der Waals surface area contributed by atoms with Crippen LogP contribution in [0.15, 0.2) is 12.3 Å². The molecule has 19 heavy (non-hydrogen) atoms. The predicted octanol–water partition coefficient (Wildman–Crippen LogP) is 4.54. The Morgan fingerprint density at radius 2 is 2.21 bits per heavy atom. The molecule has 3 rings (SSSR count). The van der Waals surface area contributed by atoms with Crippen LogP contribution in [0.5, 0.6) is 0 Å². The fourth-order valence-corrected chi connectivity index (χ4v) is 3.78. The van der Waals surface area contributed by atoms with E-state index in [1.807, 2.05) is 12.3 Å². The highest BCUT2D eigenvalue weighted by Gasteiger charge is 2.27. The number of rotatable bonds is 2. The summed E-state index contributed by atoms with van der Waals surface area (Å²) in [6, 6.07) is 2.56. The molecule has 1 N–H and O–H groups in total. The molecule has 0 aliphatic heterocycles. The molecule has 0 spiro atoms. The van der Waals surface area contributed by atoms with Crippen molar-refractivity contribution < 1.29 is 0 Å². The second-order valence-electron chi connectivity index (χ2n) is 5.65. The molecule has 3 nitrogen and oxygen atoms in total. The van der Waals surface area contributed by atoms with E-state index in [4.69, 9.17) is 12.2 Å². The smallest absolute Gasteiger partial charge is 0.179 e. The molecule has 1 saturated carbocycles. The number of hydrogen-bond donors (Lipinski definition) is 1. The lowest BCUT2D eigenvalue weighted by Crippen LogP contribution is -2.23. The Morgan fingerprint density at radius 1 is 1.42 bits per heavy atom. The third-order valence-electron chi connectivity index (χ3n) is 4.54. The Morgan fingerprint density at radius 3 is 3.00 bits per heavy atom. The maximum atomic E-state index is 5.56. The van der Waals surface area contributed by atoms with Gasteiger partial charge >= 0.3 is 0 Å². The normalized spacial score (nSPS) is 23.9. The van der Waals surface area contributed by atoms with Crippen molar-refractivity contribution in [2.24, 2.45) is 5.92 Å². The molecular formula is C15H21N3S. The van der Waals surface area contributed by atoms with E-state index in [2.05, 4.69) is 28.4 Å². The molecule has 0 bridgehead atoms. The number of nitrogens with zero attached hydrogens (tertiary/aromatic N) is 2. The quantitative estimate of drug-likeness (QED) is 0.816. The Bertz CT molecular complexity index is 640. The van der Waals surface area contributed by atoms with Gasteiger partial charge in [0, 0.05) is 12.2 Å². The Labute approximate surface area is 119 Å². The van der Waals surface area contributed by atoms with Gasteiger partial charge in [-0.3, -0.25) is 4.57 Å². The van der Waals surface area contributed by atoms with Crippen LogP contribution in [0.4, 0.5) is 0 Å². The lowest BCUT2D eigenvalue weighted by Gasteiger charge is -2.32. The van der Waals surface area contributed by atoms with E-state index in [-0.39, 0.29) is 0 Å². The van der Waals surface area contributed by atoms with Crippen LogP contribution in [0.25, 0.3) is 11.2 Å². The van der Waals surface area contributed by atoms with Gasteiger partial charge in [0.2, 0.25) is 0 Å². The summed E-state index contributed by atoms with van der Waals surface area (Å²) < 4.78 is 3.12. The number of nitrogens with one attached hydrogen (secondary N) is 1. The van der Waals surface area contributed by atoms with Gasteiger partial charge in [-0.05, 0) is 49.5 Å². The highest BCUT2D eigenvalue weighted by molar-refractivity contribution is 7.71. The maximum absolute atomic E-state index is 5.56.